The van der Waals surface area contributed by atoms with Crippen molar-refractivity contribution in [3.63, 3.8) is 0 Å². The highest BCUT2D eigenvalue weighted by Gasteiger charge is 2.25. The number of piperidine rings is 1. The summed E-state index contributed by atoms with van der Waals surface area (Å²) in [4.78, 5) is 25.8. The van der Waals surface area contributed by atoms with E-state index < -0.39 is 0 Å². The van der Waals surface area contributed by atoms with Gasteiger partial charge in [-0.1, -0.05) is 17.7 Å². The summed E-state index contributed by atoms with van der Waals surface area (Å²) in [5.41, 5.74) is 0.461. The summed E-state index contributed by atoms with van der Waals surface area (Å²) >= 11 is 7.49. The summed E-state index contributed by atoms with van der Waals surface area (Å²) in [6.07, 6.45) is 1.02. The van der Waals surface area contributed by atoms with E-state index >= 15 is 0 Å². The maximum atomic E-state index is 13.8. The fourth-order valence-corrected chi connectivity index (χ4v) is 4.44. The number of benzene rings is 1. The Morgan fingerprint density at radius 1 is 1.27 bits per heavy atom. The number of likely N-dealkylation sites (tertiary alicyclic amines) is 1. The number of nitrogens with zero attached hydrogens (tertiary/aromatic N) is 1. The Labute approximate surface area is 184 Å². The molecule has 1 aliphatic rings. The van der Waals surface area contributed by atoms with Gasteiger partial charge in [0.1, 0.15) is 11.6 Å². The smallest absolute Gasteiger partial charge is 0.409 e. The molecule has 3 rings (SSSR count). The lowest BCUT2D eigenvalue weighted by atomic mass is 10.1. The Hall–Kier alpha value is -2.19. The monoisotopic (exact) mass is 454 g/mol. The molecule has 0 unspecified atom stereocenters. The third-order valence-electron chi connectivity index (χ3n) is 4.79. The van der Waals surface area contributed by atoms with Crippen LogP contribution in [-0.4, -0.2) is 42.6 Å². The Morgan fingerprint density at radius 3 is 2.73 bits per heavy atom. The molecule has 1 N–H and O–H groups in total. The first-order valence-electron chi connectivity index (χ1n) is 9.79. The van der Waals surface area contributed by atoms with Gasteiger partial charge in [-0.05, 0) is 44.0 Å². The predicted octanol–water partition coefficient (Wildman–Crippen LogP) is 4.86. The number of carbonyl (C=O) groups is 2. The highest BCUT2D eigenvalue weighted by Crippen LogP contribution is 2.26. The fourth-order valence-electron chi connectivity index (χ4n) is 3.18. The van der Waals surface area contributed by atoms with Gasteiger partial charge in [0.2, 0.25) is 0 Å². The summed E-state index contributed by atoms with van der Waals surface area (Å²) < 4.78 is 24.4. The average Bonchev–Trinajstić information content (AvgIpc) is 3.20. The molecule has 1 saturated heterocycles. The second kappa shape index (κ2) is 10.7. The number of thioether (sulfide) groups is 1. The lowest BCUT2D eigenvalue weighted by Gasteiger charge is -2.31. The predicted molar refractivity (Wildman–Crippen MR) is 114 cm³/mol. The SMILES string of the molecule is CCOC(=O)N1CCC(NC(=O)c2ccc(CSCc3c(F)cccc3Cl)o2)CC1. The van der Waals surface area contributed by atoms with Crippen molar-refractivity contribution >= 4 is 35.4 Å². The summed E-state index contributed by atoms with van der Waals surface area (Å²) in [5.74, 6) is 1.17. The van der Waals surface area contributed by atoms with Gasteiger partial charge in [0.15, 0.2) is 5.76 Å². The van der Waals surface area contributed by atoms with Crippen LogP contribution in [0.1, 0.15) is 41.6 Å². The molecule has 0 atom stereocenters. The first-order valence-corrected chi connectivity index (χ1v) is 11.3. The van der Waals surface area contributed by atoms with Gasteiger partial charge in [-0.2, -0.15) is 0 Å². The van der Waals surface area contributed by atoms with E-state index in [1.807, 2.05) is 0 Å². The maximum Gasteiger partial charge on any atom is 0.409 e. The topological polar surface area (TPSA) is 71.8 Å². The highest BCUT2D eigenvalue weighted by molar-refractivity contribution is 7.97. The molecule has 1 aromatic carbocycles. The minimum Gasteiger partial charge on any atom is -0.455 e. The molecule has 2 heterocycles. The molecular weight excluding hydrogens is 431 g/mol. The van der Waals surface area contributed by atoms with E-state index in [-0.39, 0.29) is 29.6 Å². The van der Waals surface area contributed by atoms with E-state index in [0.29, 0.717) is 60.4 Å². The number of amides is 2. The molecule has 2 aromatic rings. The molecular formula is C21H24ClFN2O4S. The molecule has 162 valence electrons. The Morgan fingerprint density at radius 2 is 2.03 bits per heavy atom. The normalized spacial score (nSPS) is 14.6. The van der Waals surface area contributed by atoms with Gasteiger partial charge in [-0.3, -0.25) is 4.79 Å². The molecule has 1 aliphatic heterocycles. The van der Waals surface area contributed by atoms with Gasteiger partial charge in [0, 0.05) is 35.5 Å². The van der Waals surface area contributed by atoms with E-state index in [2.05, 4.69) is 5.32 Å². The highest BCUT2D eigenvalue weighted by atomic mass is 35.5. The number of halogens is 2. The Kier molecular flexibility index (Phi) is 8.04. The molecule has 0 aliphatic carbocycles. The van der Waals surface area contributed by atoms with Crippen LogP contribution in [0.5, 0.6) is 0 Å². The van der Waals surface area contributed by atoms with E-state index in [1.54, 1.807) is 36.1 Å². The number of ether oxygens (including phenoxy) is 1. The first-order chi connectivity index (χ1) is 14.5. The van der Waals surface area contributed by atoms with Crippen molar-refractivity contribution in [2.75, 3.05) is 19.7 Å². The van der Waals surface area contributed by atoms with E-state index in [4.69, 9.17) is 20.8 Å². The van der Waals surface area contributed by atoms with Gasteiger partial charge in [0.25, 0.3) is 5.91 Å². The van der Waals surface area contributed by atoms with Crippen LogP contribution in [0.2, 0.25) is 5.02 Å². The van der Waals surface area contributed by atoms with Crippen molar-refractivity contribution in [3.8, 4) is 0 Å². The van der Waals surface area contributed by atoms with Crippen molar-refractivity contribution < 1.29 is 23.1 Å². The van der Waals surface area contributed by atoms with Gasteiger partial charge in [-0.15, -0.1) is 11.8 Å². The van der Waals surface area contributed by atoms with Crippen LogP contribution in [-0.2, 0) is 16.2 Å². The first kappa shape index (κ1) is 22.5. The Balaban J connectivity index is 1.44. The van der Waals surface area contributed by atoms with Crippen LogP contribution < -0.4 is 5.32 Å². The molecule has 0 radical (unpaired) electrons. The number of nitrogens with one attached hydrogen (secondary N) is 1. The number of rotatable bonds is 7. The van der Waals surface area contributed by atoms with Crippen molar-refractivity contribution in [3.05, 3.63) is 58.3 Å². The van der Waals surface area contributed by atoms with Crippen LogP contribution >= 0.6 is 23.4 Å². The number of hydrogen-bond acceptors (Lipinski definition) is 5. The van der Waals surface area contributed by atoms with Crippen molar-refractivity contribution in [2.45, 2.75) is 37.3 Å². The minimum absolute atomic E-state index is 0.0192. The number of furan rings is 1. The average molecular weight is 455 g/mol. The summed E-state index contributed by atoms with van der Waals surface area (Å²) in [5, 5.41) is 3.35. The van der Waals surface area contributed by atoms with Gasteiger partial charge < -0.3 is 19.4 Å². The molecule has 0 spiro atoms. The van der Waals surface area contributed by atoms with Crippen LogP contribution in [0.4, 0.5) is 9.18 Å². The second-order valence-corrected chi connectivity index (χ2v) is 8.29. The maximum absolute atomic E-state index is 13.8. The molecule has 0 bridgehead atoms. The number of hydrogen-bond donors (Lipinski definition) is 1. The van der Waals surface area contributed by atoms with Gasteiger partial charge >= 0.3 is 6.09 Å². The fraction of sp³-hybridized carbons (Fsp3) is 0.429. The van der Waals surface area contributed by atoms with Crippen molar-refractivity contribution in [2.24, 2.45) is 0 Å². The molecule has 1 fully saturated rings. The number of carbonyl (C=O) groups excluding carboxylic acids is 2. The second-order valence-electron chi connectivity index (χ2n) is 6.89. The molecule has 6 nitrogen and oxygen atoms in total. The summed E-state index contributed by atoms with van der Waals surface area (Å²) in [6, 6.07) is 7.98. The molecule has 0 saturated carbocycles. The molecule has 9 heteroatoms. The lowest BCUT2D eigenvalue weighted by molar-refractivity contribution is 0.0839. The summed E-state index contributed by atoms with van der Waals surface area (Å²) in [6.45, 7) is 3.21. The molecule has 30 heavy (non-hydrogen) atoms. The van der Waals surface area contributed by atoms with Crippen LogP contribution in [0, 0.1) is 5.82 Å². The zero-order valence-electron chi connectivity index (χ0n) is 16.7. The van der Waals surface area contributed by atoms with Crippen molar-refractivity contribution in [1.29, 1.82) is 0 Å². The Bertz CT molecular complexity index is 863. The van der Waals surface area contributed by atoms with Gasteiger partial charge in [-0.25, -0.2) is 9.18 Å². The van der Waals surface area contributed by atoms with Crippen molar-refractivity contribution in [1.82, 2.24) is 10.2 Å². The van der Waals surface area contributed by atoms with Crippen LogP contribution in [0.15, 0.2) is 34.7 Å². The summed E-state index contributed by atoms with van der Waals surface area (Å²) in [7, 11) is 0. The zero-order chi connectivity index (χ0) is 21.5. The third kappa shape index (κ3) is 5.92. The van der Waals surface area contributed by atoms with Gasteiger partial charge in [0.05, 0.1) is 12.4 Å². The van der Waals surface area contributed by atoms with E-state index in [1.165, 1.54) is 17.8 Å². The van der Waals surface area contributed by atoms with Crippen LogP contribution in [0.3, 0.4) is 0 Å². The standard InChI is InChI=1S/C21H24ClFN2O4S/c1-2-28-21(27)25-10-8-14(9-11-25)24-20(26)19-7-6-15(29-19)12-30-13-16-17(22)4-3-5-18(16)23/h3-7,14H,2,8-13H2,1H3,(H,24,26). The largest absolute Gasteiger partial charge is 0.455 e. The quantitative estimate of drug-likeness (QED) is 0.647. The van der Waals surface area contributed by atoms with E-state index in [0.717, 1.165) is 0 Å². The third-order valence-corrected chi connectivity index (χ3v) is 6.13. The zero-order valence-corrected chi connectivity index (χ0v) is 18.2. The van der Waals surface area contributed by atoms with Crippen LogP contribution in [0.25, 0.3) is 0 Å². The molecule has 2 amide bonds. The molecule has 1 aromatic heterocycles. The van der Waals surface area contributed by atoms with E-state index in [9.17, 15) is 14.0 Å². The minimum atomic E-state index is -0.330. The lowest BCUT2D eigenvalue weighted by Crippen LogP contribution is -2.46.